The van der Waals surface area contributed by atoms with Crippen molar-refractivity contribution < 1.29 is 4.79 Å². The number of benzene rings is 4. The van der Waals surface area contributed by atoms with E-state index >= 15 is 0 Å². The highest BCUT2D eigenvalue weighted by atomic mass is 16.1. The minimum absolute atomic E-state index is 0.121. The van der Waals surface area contributed by atoms with Crippen molar-refractivity contribution in [2.45, 2.75) is 25.3 Å². The smallest absolute Gasteiger partial charge is 0.221 e. The Bertz CT molecular complexity index is 1210. The number of hydrogen-bond donors (Lipinski definition) is 1. The molecule has 0 bridgehead atoms. The van der Waals surface area contributed by atoms with Crippen molar-refractivity contribution >= 4 is 11.5 Å². The maximum atomic E-state index is 13.1. The molecule has 0 radical (unpaired) electrons. The number of carbonyl (C=O) groups excluding carboxylic acids is 1. The van der Waals surface area contributed by atoms with E-state index in [1.54, 1.807) is 0 Å². The summed E-state index contributed by atoms with van der Waals surface area (Å²) in [4.78, 5) is 15.7. The zero-order chi connectivity index (χ0) is 26.0. The van der Waals surface area contributed by atoms with Gasteiger partial charge in [0.25, 0.3) is 0 Å². The van der Waals surface area contributed by atoms with E-state index in [4.69, 9.17) is 0 Å². The Morgan fingerprint density at radius 1 is 0.711 bits per heavy atom. The van der Waals surface area contributed by atoms with Gasteiger partial charge in [-0.3, -0.25) is 9.69 Å². The average Bonchev–Trinajstić information content (AvgIpc) is 2.99. The number of nitrogens with zero attached hydrogens (tertiary/aromatic N) is 1. The highest BCUT2D eigenvalue weighted by Crippen LogP contribution is 2.26. The van der Waals surface area contributed by atoms with Gasteiger partial charge in [-0.25, -0.2) is 0 Å². The van der Waals surface area contributed by atoms with Gasteiger partial charge in [-0.15, -0.1) is 0 Å². The Morgan fingerprint density at radius 3 is 1.63 bits per heavy atom. The molecule has 1 aliphatic heterocycles. The summed E-state index contributed by atoms with van der Waals surface area (Å²) in [6.45, 7) is 2.96. The molecule has 1 heterocycles. The molecule has 1 amide bonds. The van der Waals surface area contributed by atoms with Crippen LogP contribution in [-0.4, -0.2) is 30.4 Å². The molecule has 0 unspecified atom stereocenters. The number of likely N-dealkylation sites (tertiary alicyclic amines) is 1. The number of amides is 1. The largest absolute Gasteiger partial charge is 0.345 e. The summed E-state index contributed by atoms with van der Waals surface area (Å²) in [7, 11) is 0. The predicted molar refractivity (Wildman–Crippen MR) is 157 cm³/mol. The lowest BCUT2D eigenvalue weighted by Gasteiger charge is -2.31. The number of nitrogens with one attached hydrogen (secondary N) is 1. The molecule has 192 valence electrons. The fourth-order valence-corrected chi connectivity index (χ4v) is 5.36. The summed E-state index contributed by atoms with van der Waals surface area (Å²) < 4.78 is 0. The van der Waals surface area contributed by atoms with Crippen LogP contribution >= 0.6 is 0 Å². The van der Waals surface area contributed by atoms with E-state index in [9.17, 15) is 4.79 Å². The van der Waals surface area contributed by atoms with Gasteiger partial charge in [-0.05, 0) is 59.7 Å². The van der Waals surface area contributed by atoms with E-state index in [0.717, 1.165) is 43.6 Å². The predicted octanol–water partition coefficient (Wildman–Crippen LogP) is 7.13. The Kier molecular flexibility index (Phi) is 8.81. The highest BCUT2D eigenvalue weighted by Gasteiger charge is 2.23. The summed E-state index contributed by atoms with van der Waals surface area (Å²) in [5, 5.41) is 3.32. The first kappa shape index (κ1) is 25.7. The molecule has 1 fully saturated rings. The lowest BCUT2D eigenvalue weighted by molar-refractivity contribution is -0.122. The molecule has 3 nitrogen and oxygen atoms in total. The quantitative estimate of drug-likeness (QED) is 0.265. The molecule has 0 atom stereocenters. The molecule has 38 heavy (non-hydrogen) atoms. The van der Waals surface area contributed by atoms with Crippen LogP contribution in [0.5, 0.6) is 0 Å². The van der Waals surface area contributed by atoms with Gasteiger partial charge in [0.05, 0.1) is 6.04 Å². The molecule has 4 aromatic rings. The first-order chi connectivity index (χ1) is 18.8. The average molecular weight is 501 g/mol. The summed E-state index contributed by atoms with van der Waals surface area (Å²) in [5.41, 5.74) is 6.00. The zero-order valence-electron chi connectivity index (χ0n) is 21.9. The Hall–Kier alpha value is -3.95. The molecule has 0 aromatic heterocycles. The third kappa shape index (κ3) is 6.87. The SMILES string of the molecule is O=C(CC1CCN(CC=C(c2ccccc2)c2ccccc2)CC1)NC(c1ccccc1)c1ccccc1. The first-order valence-electron chi connectivity index (χ1n) is 13.7. The second-order valence-corrected chi connectivity index (χ2v) is 10.1. The number of hydrogen-bond acceptors (Lipinski definition) is 2. The van der Waals surface area contributed by atoms with Crippen LogP contribution in [0.25, 0.3) is 5.57 Å². The molecule has 1 aliphatic rings. The van der Waals surface area contributed by atoms with Gasteiger partial charge in [0.15, 0.2) is 0 Å². The summed E-state index contributed by atoms with van der Waals surface area (Å²) in [5.74, 6) is 0.557. The van der Waals surface area contributed by atoms with Gasteiger partial charge in [0.2, 0.25) is 5.91 Å². The van der Waals surface area contributed by atoms with E-state index in [1.165, 1.54) is 16.7 Å². The Morgan fingerprint density at radius 2 is 1.16 bits per heavy atom. The van der Waals surface area contributed by atoms with Crippen LogP contribution in [0.3, 0.4) is 0 Å². The Balaban J connectivity index is 1.18. The van der Waals surface area contributed by atoms with E-state index in [-0.39, 0.29) is 11.9 Å². The van der Waals surface area contributed by atoms with Crippen molar-refractivity contribution in [1.29, 1.82) is 0 Å². The molecule has 0 saturated carbocycles. The van der Waals surface area contributed by atoms with Crippen LogP contribution < -0.4 is 5.32 Å². The van der Waals surface area contributed by atoms with E-state index in [2.05, 4.69) is 101 Å². The van der Waals surface area contributed by atoms with E-state index < -0.39 is 0 Å². The molecule has 5 rings (SSSR count). The van der Waals surface area contributed by atoms with Gasteiger partial charge >= 0.3 is 0 Å². The van der Waals surface area contributed by atoms with Crippen molar-refractivity contribution in [3.63, 3.8) is 0 Å². The Labute approximate surface area is 226 Å². The van der Waals surface area contributed by atoms with Crippen LogP contribution in [0.4, 0.5) is 0 Å². The second kappa shape index (κ2) is 13.0. The van der Waals surface area contributed by atoms with Crippen LogP contribution in [0.1, 0.15) is 47.6 Å². The maximum absolute atomic E-state index is 13.1. The molecular formula is C35H36N2O. The van der Waals surface area contributed by atoms with Gasteiger partial charge in [0, 0.05) is 13.0 Å². The molecule has 0 spiro atoms. The van der Waals surface area contributed by atoms with Crippen LogP contribution in [0.15, 0.2) is 127 Å². The zero-order valence-corrected chi connectivity index (χ0v) is 21.9. The molecule has 1 N–H and O–H groups in total. The molecule has 0 aliphatic carbocycles. The maximum Gasteiger partial charge on any atom is 0.221 e. The third-order valence-electron chi connectivity index (χ3n) is 7.48. The normalized spacial score (nSPS) is 14.2. The van der Waals surface area contributed by atoms with Crippen molar-refractivity contribution in [1.82, 2.24) is 10.2 Å². The lowest BCUT2D eigenvalue weighted by atomic mass is 9.92. The van der Waals surface area contributed by atoms with Gasteiger partial charge < -0.3 is 5.32 Å². The first-order valence-corrected chi connectivity index (χ1v) is 13.7. The fraction of sp³-hybridized carbons (Fsp3) is 0.229. The van der Waals surface area contributed by atoms with Crippen molar-refractivity contribution in [3.8, 4) is 0 Å². The third-order valence-corrected chi connectivity index (χ3v) is 7.48. The molecule has 4 aromatic carbocycles. The summed E-state index contributed by atoms with van der Waals surface area (Å²) in [6, 6.07) is 41.6. The van der Waals surface area contributed by atoms with Crippen LogP contribution in [0.2, 0.25) is 0 Å². The fourth-order valence-electron chi connectivity index (χ4n) is 5.36. The van der Waals surface area contributed by atoms with E-state index in [0.29, 0.717) is 12.3 Å². The molecule has 1 saturated heterocycles. The van der Waals surface area contributed by atoms with Crippen molar-refractivity contribution in [2.75, 3.05) is 19.6 Å². The van der Waals surface area contributed by atoms with Crippen molar-refractivity contribution in [2.24, 2.45) is 5.92 Å². The number of piperidine rings is 1. The van der Waals surface area contributed by atoms with Crippen LogP contribution in [-0.2, 0) is 4.79 Å². The second-order valence-electron chi connectivity index (χ2n) is 10.1. The van der Waals surface area contributed by atoms with Gasteiger partial charge in [0.1, 0.15) is 0 Å². The number of rotatable bonds is 9. The topological polar surface area (TPSA) is 32.3 Å². The van der Waals surface area contributed by atoms with Gasteiger partial charge in [-0.1, -0.05) is 127 Å². The number of carbonyl (C=O) groups is 1. The van der Waals surface area contributed by atoms with Gasteiger partial charge in [-0.2, -0.15) is 0 Å². The minimum Gasteiger partial charge on any atom is -0.345 e. The molecule has 3 heteroatoms. The summed E-state index contributed by atoms with van der Waals surface area (Å²) in [6.07, 6.45) is 5.05. The van der Waals surface area contributed by atoms with Crippen LogP contribution in [0, 0.1) is 5.92 Å². The van der Waals surface area contributed by atoms with E-state index in [1.807, 2.05) is 36.4 Å². The van der Waals surface area contributed by atoms with Crippen molar-refractivity contribution in [3.05, 3.63) is 150 Å². The standard InChI is InChI=1S/C35H36N2O/c38-34(36-35(31-17-9-3-10-18-31)32-19-11-4-12-20-32)27-28-21-24-37(25-22-28)26-23-33(29-13-5-1-6-14-29)30-15-7-2-8-16-30/h1-20,23,28,35H,21-22,24-27H2,(H,36,38). The lowest BCUT2D eigenvalue weighted by Crippen LogP contribution is -2.37. The minimum atomic E-state index is -0.121. The summed E-state index contributed by atoms with van der Waals surface area (Å²) >= 11 is 0. The molecular weight excluding hydrogens is 464 g/mol. The monoisotopic (exact) mass is 500 g/mol. The highest BCUT2D eigenvalue weighted by molar-refractivity contribution is 5.80.